The van der Waals surface area contributed by atoms with Crippen LogP contribution < -0.4 is 16.0 Å². The third-order valence-electron chi connectivity index (χ3n) is 5.65. The van der Waals surface area contributed by atoms with Crippen molar-refractivity contribution in [3.8, 4) is 0 Å². The van der Waals surface area contributed by atoms with Gasteiger partial charge in [0.1, 0.15) is 6.04 Å². The van der Waals surface area contributed by atoms with Crippen LogP contribution in [0.15, 0.2) is 18.2 Å². The number of nitrogens with two attached hydrogens (primary N) is 1. The average molecular weight is 410 g/mol. The third-order valence-corrected chi connectivity index (χ3v) is 5.65. The summed E-state index contributed by atoms with van der Waals surface area (Å²) in [6.07, 6.45) is 8.35. The predicted molar refractivity (Wildman–Crippen MR) is 114 cm³/mol. The first kappa shape index (κ1) is 22.7. The number of anilines is 2. The third kappa shape index (κ3) is 5.46. The van der Waals surface area contributed by atoms with E-state index in [2.05, 4.69) is 5.32 Å². The maximum atomic E-state index is 12.7. The molecule has 0 saturated heterocycles. The van der Waals surface area contributed by atoms with Gasteiger partial charge < -0.3 is 20.7 Å². The van der Waals surface area contributed by atoms with E-state index >= 15 is 0 Å². The minimum Gasteiger partial charge on any atom is -0.383 e. The summed E-state index contributed by atoms with van der Waals surface area (Å²) in [6, 6.07) is 5.08. The van der Waals surface area contributed by atoms with E-state index in [1.54, 1.807) is 4.90 Å². The summed E-state index contributed by atoms with van der Waals surface area (Å²) in [7, 11) is 1.54. The second-order valence-corrected chi connectivity index (χ2v) is 7.71. The van der Waals surface area contributed by atoms with Crippen LogP contribution in [0.1, 0.15) is 50.5 Å². The number of halogens is 1. The van der Waals surface area contributed by atoms with Crippen LogP contribution >= 0.6 is 12.4 Å². The lowest BCUT2D eigenvalue weighted by atomic mass is 9.87. The molecule has 7 heteroatoms. The molecule has 1 aromatic rings. The lowest BCUT2D eigenvalue weighted by Crippen LogP contribution is -2.48. The SMILES string of the molecule is COCC(N)C(=O)N1CCCc2c(NC(=O)CC3CCCCC3)cccc21.Cl. The van der Waals surface area contributed by atoms with Crippen molar-refractivity contribution in [1.82, 2.24) is 0 Å². The Morgan fingerprint density at radius 2 is 2.00 bits per heavy atom. The molecular formula is C21H32ClN3O3. The highest BCUT2D eigenvalue weighted by atomic mass is 35.5. The van der Waals surface area contributed by atoms with E-state index in [4.69, 9.17) is 10.5 Å². The Kier molecular flexibility index (Phi) is 8.73. The minimum absolute atomic E-state index is 0. The fraction of sp³-hybridized carbons (Fsp3) is 0.619. The number of methoxy groups -OCH3 is 1. The van der Waals surface area contributed by atoms with Crippen molar-refractivity contribution >= 4 is 35.6 Å². The van der Waals surface area contributed by atoms with Gasteiger partial charge in [-0.15, -0.1) is 12.4 Å². The Labute approximate surface area is 173 Å². The highest BCUT2D eigenvalue weighted by molar-refractivity contribution is 6.00. The molecule has 0 aromatic heterocycles. The van der Waals surface area contributed by atoms with Crippen molar-refractivity contribution in [1.29, 1.82) is 0 Å². The Morgan fingerprint density at radius 1 is 1.25 bits per heavy atom. The van der Waals surface area contributed by atoms with E-state index in [0.29, 0.717) is 18.9 Å². The number of carbonyl (C=O) groups excluding carboxylic acids is 2. The zero-order chi connectivity index (χ0) is 19.2. The summed E-state index contributed by atoms with van der Waals surface area (Å²) in [6.45, 7) is 0.838. The van der Waals surface area contributed by atoms with E-state index in [0.717, 1.165) is 42.6 Å². The lowest BCUT2D eigenvalue weighted by Gasteiger charge is -2.32. The summed E-state index contributed by atoms with van der Waals surface area (Å²) in [5.74, 6) is 0.446. The summed E-state index contributed by atoms with van der Waals surface area (Å²) in [5.41, 5.74) is 8.66. The van der Waals surface area contributed by atoms with Gasteiger partial charge in [-0.1, -0.05) is 25.3 Å². The molecule has 0 spiro atoms. The summed E-state index contributed by atoms with van der Waals surface area (Å²) in [5, 5.41) is 3.10. The quantitative estimate of drug-likeness (QED) is 0.755. The van der Waals surface area contributed by atoms with Gasteiger partial charge in [0.05, 0.1) is 6.61 Å². The largest absolute Gasteiger partial charge is 0.383 e. The van der Waals surface area contributed by atoms with Gasteiger partial charge in [0.15, 0.2) is 0 Å². The molecule has 0 radical (unpaired) electrons. The smallest absolute Gasteiger partial charge is 0.246 e. The van der Waals surface area contributed by atoms with Gasteiger partial charge >= 0.3 is 0 Å². The second-order valence-electron chi connectivity index (χ2n) is 7.71. The molecule has 6 nitrogen and oxygen atoms in total. The predicted octanol–water partition coefficient (Wildman–Crippen LogP) is 3.27. The van der Waals surface area contributed by atoms with Crippen LogP contribution in [-0.2, 0) is 20.7 Å². The van der Waals surface area contributed by atoms with E-state index < -0.39 is 6.04 Å². The summed E-state index contributed by atoms with van der Waals surface area (Å²) >= 11 is 0. The van der Waals surface area contributed by atoms with E-state index in [-0.39, 0.29) is 30.8 Å². The Hall–Kier alpha value is -1.63. The van der Waals surface area contributed by atoms with Gasteiger partial charge in [-0.3, -0.25) is 9.59 Å². The number of rotatable bonds is 6. The Balaban J connectivity index is 0.00000280. The zero-order valence-electron chi connectivity index (χ0n) is 16.6. The molecule has 28 heavy (non-hydrogen) atoms. The maximum absolute atomic E-state index is 12.7. The number of ether oxygens (including phenoxy) is 1. The van der Waals surface area contributed by atoms with Gasteiger partial charge in [-0.25, -0.2) is 0 Å². The molecule has 3 rings (SSSR count). The topological polar surface area (TPSA) is 84.7 Å². The van der Waals surface area contributed by atoms with Gasteiger partial charge in [0, 0.05) is 31.5 Å². The van der Waals surface area contributed by atoms with Crippen molar-refractivity contribution in [2.45, 2.75) is 57.4 Å². The molecule has 2 aliphatic rings. The standard InChI is InChI=1S/C21H31N3O3.ClH/c1-27-14-17(22)21(26)24-12-6-9-16-18(10-5-11-19(16)24)23-20(25)13-15-7-3-2-4-8-15;/h5,10-11,15,17H,2-4,6-9,12-14,22H2,1H3,(H,23,25);1H. The van der Waals surface area contributed by atoms with Crippen LogP contribution in [0.3, 0.4) is 0 Å². The monoisotopic (exact) mass is 409 g/mol. The number of hydrogen-bond donors (Lipinski definition) is 2. The van der Waals surface area contributed by atoms with E-state index in [1.807, 2.05) is 18.2 Å². The molecule has 1 saturated carbocycles. The van der Waals surface area contributed by atoms with Gasteiger partial charge in [-0.2, -0.15) is 0 Å². The van der Waals surface area contributed by atoms with Crippen LogP contribution in [-0.4, -0.2) is 38.1 Å². The van der Waals surface area contributed by atoms with Crippen molar-refractivity contribution < 1.29 is 14.3 Å². The molecule has 1 heterocycles. The second kappa shape index (κ2) is 10.8. The highest BCUT2D eigenvalue weighted by Gasteiger charge is 2.28. The number of amides is 2. The molecule has 2 amide bonds. The van der Waals surface area contributed by atoms with Crippen LogP contribution in [0.25, 0.3) is 0 Å². The van der Waals surface area contributed by atoms with Crippen molar-refractivity contribution in [3.05, 3.63) is 23.8 Å². The summed E-state index contributed by atoms with van der Waals surface area (Å²) < 4.78 is 5.02. The molecule has 156 valence electrons. The molecule has 1 aromatic carbocycles. The van der Waals surface area contributed by atoms with Gasteiger partial charge in [0.2, 0.25) is 11.8 Å². The number of nitrogens with zero attached hydrogens (tertiary/aromatic N) is 1. The van der Waals surface area contributed by atoms with E-state index in [1.165, 1.54) is 26.4 Å². The molecule has 1 fully saturated rings. The van der Waals surface area contributed by atoms with Crippen LogP contribution in [0, 0.1) is 5.92 Å². The molecule has 1 aliphatic carbocycles. The molecule has 0 bridgehead atoms. The van der Waals surface area contributed by atoms with Crippen molar-refractivity contribution in [3.63, 3.8) is 0 Å². The number of hydrogen-bond acceptors (Lipinski definition) is 4. The van der Waals surface area contributed by atoms with Crippen LogP contribution in [0.5, 0.6) is 0 Å². The maximum Gasteiger partial charge on any atom is 0.246 e. The Bertz CT molecular complexity index is 677. The first-order valence-corrected chi connectivity index (χ1v) is 10.1. The van der Waals surface area contributed by atoms with Gasteiger partial charge in [-0.05, 0) is 49.3 Å². The molecule has 1 atom stereocenters. The molecular weight excluding hydrogens is 378 g/mol. The number of nitrogens with one attached hydrogen (secondary N) is 1. The highest BCUT2D eigenvalue weighted by Crippen LogP contribution is 2.34. The van der Waals surface area contributed by atoms with Crippen LogP contribution in [0.2, 0.25) is 0 Å². The molecule has 1 unspecified atom stereocenters. The summed E-state index contributed by atoms with van der Waals surface area (Å²) in [4.78, 5) is 27.0. The minimum atomic E-state index is -0.675. The van der Waals surface area contributed by atoms with Crippen molar-refractivity contribution in [2.75, 3.05) is 30.5 Å². The Morgan fingerprint density at radius 3 is 2.71 bits per heavy atom. The van der Waals surface area contributed by atoms with Crippen molar-refractivity contribution in [2.24, 2.45) is 11.7 Å². The lowest BCUT2D eigenvalue weighted by molar-refractivity contribution is -0.121. The fourth-order valence-corrected chi connectivity index (χ4v) is 4.28. The first-order chi connectivity index (χ1) is 13.1. The fourth-order valence-electron chi connectivity index (χ4n) is 4.28. The normalized spacial score (nSPS) is 18.0. The van der Waals surface area contributed by atoms with Gasteiger partial charge in [0.25, 0.3) is 0 Å². The number of carbonyl (C=O) groups is 2. The number of fused-ring (bicyclic) bond motifs is 1. The molecule has 3 N–H and O–H groups in total. The van der Waals surface area contributed by atoms with E-state index in [9.17, 15) is 9.59 Å². The average Bonchev–Trinajstić information content (AvgIpc) is 2.68. The first-order valence-electron chi connectivity index (χ1n) is 10.1. The molecule has 1 aliphatic heterocycles. The zero-order valence-corrected chi connectivity index (χ0v) is 17.4. The van der Waals surface area contributed by atoms with Crippen LogP contribution in [0.4, 0.5) is 11.4 Å². The number of benzene rings is 1.